The van der Waals surface area contributed by atoms with Gasteiger partial charge in [0.15, 0.2) is 12.0 Å². The van der Waals surface area contributed by atoms with Gasteiger partial charge in [0.05, 0.1) is 0 Å². The van der Waals surface area contributed by atoms with Crippen LogP contribution in [0.5, 0.6) is 0 Å². The molecule has 3 nitrogen and oxygen atoms in total. The molecule has 0 spiro atoms. The second kappa shape index (κ2) is 2.39. The van der Waals surface area contributed by atoms with Gasteiger partial charge in [0.2, 0.25) is 0 Å². The normalized spacial score (nSPS) is 11.1. The van der Waals surface area contributed by atoms with E-state index in [0.717, 1.165) is 0 Å². The van der Waals surface area contributed by atoms with Crippen molar-refractivity contribution in [3.8, 4) is 6.07 Å². The molecule has 0 saturated carbocycles. The van der Waals surface area contributed by atoms with Crippen molar-refractivity contribution >= 4 is 0 Å². The van der Waals surface area contributed by atoms with Crippen molar-refractivity contribution in [2.24, 2.45) is 0 Å². The summed E-state index contributed by atoms with van der Waals surface area (Å²) in [7, 11) is 0. The van der Waals surface area contributed by atoms with Crippen LogP contribution in [-0.4, -0.2) is 5.16 Å². The Kier molecular flexibility index (Phi) is 1.69. The van der Waals surface area contributed by atoms with Gasteiger partial charge in [-0.3, -0.25) is 0 Å². The van der Waals surface area contributed by atoms with Crippen LogP contribution in [0.1, 0.15) is 32.1 Å². The molecule has 0 atom stereocenters. The second-order valence-corrected chi connectivity index (χ2v) is 3.36. The molecule has 0 bridgehead atoms. The summed E-state index contributed by atoms with van der Waals surface area (Å²) in [6.45, 7) is 5.88. The first-order chi connectivity index (χ1) is 5.05. The fourth-order valence-corrected chi connectivity index (χ4v) is 0.798. The topological polar surface area (TPSA) is 49.8 Å². The molecule has 1 rings (SSSR count). The van der Waals surface area contributed by atoms with Crippen LogP contribution in [0.25, 0.3) is 0 Å². The van der Waals surface area contributed by atoms with Gasteiger partial charge in [-0.25, -0.2) is 0 Å². The van der Waals surface area contributed by atoms with Gasteiger partial charge < -0.3 is 4.52 Å². The van der Waals surface area contributed by atoms with E-state index in [0.29, 0.717) is 11.3 Å². The van der Waals surface area contributed by atoms with E-state index >= 15 is 0 Å². The highest BCUT2D eigenvalue weighted by molar-refractivity contribution is 5.31. The van der Waals surface area contributed by atoms with Crippen LogP contribution in [0.2, 0.25) is 0 Å². The highest BCUT2D eigenvalue weighted by atomic mass is 16.5. The smallest absolute Gasteiger partial charge is 0.160 e. The second-order valence-electron chi connectivity index (χ2n) is 3.36. The van der Waals surface area contributed by atoms with Crippen LogP contribution in [0.3, 0.4) is 0 Å². The van der Waals surface area contributed by atoms with Crippen LogP contribution >= 0.6 is 0 Å². The van der Waals surface area contributed by atoms with Gasteiger partial charge in [-0.2, -0.15) is 5.26 Å². The van der Waals surface area contributed by atoms with Gasteiger partial charge in [-0.1, -0.05) is 25.9 Å². The van der Waals surface area contributed by atoms with E-state index in [4.69, 9.17) is 9.78 Å². The van der Waals surface area contributed by atoms with Crippen molar-refractivity contribution < 1.29 is 4.52 Å². The largest absolute Gasteiger partial charge is 0.359 e. The molecule has 0 saturated heterocycles. The maximum Gasteiger partial charge on any atom is 0.160 e. The van der Waals surface area contributed by atoms with E-state index in [1.807, 2.05) is 26.8 Å². The third-order valence-electron chi connectivity index (χ3n) is 1.31. The van der Waals surface area contributed by atoms with E-state index in [1.165, 1.54) is 0 Å². The van der Waals surface area contributed by atoms with Crippen LogP contribution in [0, 0.1) is 17.5 Å². The molecule has 0 N–H and O–H groups in total. The van der Waals surface area contributed by atoms with E-state index < -0.39 is 0 Å². The lowest BCUT2D eigenvalue weighted by atomic mass is 9.91. The number of hydrogen-bond acceptors (Lipinski definition) is 3. The number of aromatic nitrogens is 1. The molecule has 0 aliphatic rings. The summed E-state index contributed by atoms with van der Waals surface area (Å²) in [6.07, 6.45) is 2.48. The molecule has 57 valence electrons. The van der Waals surface area contributed by atoms with E-state index in [9.17, 15) is 0 Å². The zero-order chi connectivity index (χ0) is 8.48. The van der Waals surface area contributed by atoms with Crippen molar-refractivity contribution in [1.29, 1.82) is 5.26 Å². The summed E-state index contributed by atoms with van der Waals surface area (Å²) in [5, 5.41) is 12.0. The predicted octanol–water partition coefficient (Wildman–Crippen LogP) is 1.64. The van der Waals surface area contributed by atoms with Gasteiger partial charge in [0.25, 0.3) is 0 Å². The monoisotopic (exact) mass is 149 g/mol. The van der Waals surface area contributed by atoms with Gasteiger partial charge in [-0.05, 0) is 0 Å². The first-order valence-corrected chi connectivity index (χ1v) is 3.33. The average molecular weight is 149 g/mol. The van der Waals surface area contributed by atoms with Crippen LogP contribution in [0.15, 0.2) is 4.52 Å². The molecule has 3 heteroatoms. The van der Waals surface area contributed by atoms with E-state index in [1.54, 1.807) is 0 Å². The summed E-state index contributed by atoms with van der Waals surface area (Å²) in [6, 6.07) is 1.97. The van der Waals surface area contributed by atoms with Gasteiger partial charge in [-0.15, -0.1) is 0 Å². The molecule has 0 aliphatic carbocycles. The molecule has 0 fully saturated rings. The zero-order valence-corrected chi connectivity index (χ0v) is 6.80. The van der Waals surface area contributed by atoms with Crippen molar-refractivity contribution in [3.63, 3.8) is 0 Å². The van der Waals surface area contributed by atoms with Crippen molar-refractivity contribution in [2.45, 2.75) is 26.2 Å². The maximum atomic E-state index is 8.59. The number of hydrogen-bond donors (Lipinski definition) is 0. The molecule has 1 radical (unpaired) electrons. The van der Waals surface area contributed by atoms with Gasteiger partial charge in [0.1, 0.15) is 11.6 Å². The lowest BCUT2D eigenvalue weighted by Crippen LogP contribution is -2.11. The van der Waals surface area contributed by atoms with Crippen molar-refractivity contribution in [3.05, 3.63) is 17.5 Å². The summed E-state index contributed by atoms with van der Waals surface area (Å²) < 4.78 is 4.89. The fraction of sp³-hybridized carbons (Fsp3) is 0.500. The summed E-state index contributed by atoms with van der Waals surface area (Å²) >= 11 is 0. The molecule has 0 unspecified atom stereocenters. The molecule has 0 aromatic carbocycles. The Morgan fingerprint density at radius 2 is 2.18 bits per heavy atom. The van der Waals surface area contributed by atoms with E-state index in [2.05, 4.69) is 11.4 Å². The molecule has 0 aliphatic heterocycles. The third kappa shape index (κ3) is 1.40. The fourth-order valence-electron chi connectivity index (χ4n) is 0.798. The standard InChI is InChI=1S/C8H9N2O/c1-8(2,3)7-6(4-9)5-10-11-7/h1-3H3. The minimum absolute atomic E-state index is 0.169. The number of rotatable bonds is 0. The molecule has 11 heavy (non-hydrogen) atoms. The van der Waals surface area contributed by atoms with Crippen molar-refractivity contribution in [2.75, 3.05) is 0 Å². The lowest BCUT2D eigenvalue weighted by Gasteiger charge is -2.12. The first-order valence-electron chi connectivity index (χ1n) is 3.33. The van der Waals surface area contributed by atoms with Gasteiger partial charge >= 0.3 is 0 Å². The predicted molar refractivity (Wildman–Crippen MR) is 38.8 cm³/mol. The summed E-state index contributed by atoms with van der Waals surface area (Å²) in [5.41, 5.74) is 0.232. The Balaban J connectivity index is 3.15. The minimum atomic E-state index is -0.169. The van der Waals surface area contributed by atoms with Crippen LogP contribution in [-0.2, 0) is 5.41 Å². The Hall–Kier alpha value is -1.30. The lowest BCUT2D eigenvalue weighted by molar-refractivity contribution is 0.328. The highest BCUT2D eigenvalue weighted by Gasteiger charge is 2.23. The van der Waals surface area contributed by atoms with E-state index in [-0.39, 0.29) is 5.41 Å². The number of nitriles is 1. The Bertz CT molecular complexity index is 288. The van der Waals surface area contributed by atoms with Crippen LogP contribution < -0.4 is 0 Å². The molecular weight excluding hydrogens is 140 g/mol. The summed E-state index contributed by atoms with van der Waals surface area (Å²) in [4.78, 5) is 0. The Morgan fingerprint density at radius 3 is 2.55 bits per heavy atom. The Labute approximate surface area is 65.6 Å². The molecular formula is C8H9N2O. The maximum absolute atomic E-state index is 8.59. The Morgan fingerprint density at radius 1 is 1.55 bits per heavy atom. The van der Waals surface area contributed by atoms with Gasteiger partial charge in [0, 0.05) is 5.41 Å². The molecule has 1 aromatic rings. The quantitative estimate of drug-likeness (QED) is 0.563. The zero-order valence-electron chi connectivity index (χ0n) is 6.80. The molecule has 1 aromatic heterocycles. The molecule has 1 heterocycles. The summed E-state index contributed by atoms with van der Waals surface area (Å²) in [5.74, 6) is 0.597. The minimum Gasteiger partial charge on any atom is -0.359 e. The van der Waals surface area contributed by atoms with Crippen molar-refractivity contribution in [1.82, 2.24) is 5.16 Å². The average Bonchev–Trinajstić information content (AvgIpc) is 2.31. The SMILES string of the molecule is CC(C)(C)c1on[c]c1C#N. The highest BCUT2D eigenvalue weighted by Crippen LogP contribution is 2.24. The first kappa shape index (κ1) is 7.80. The number of nitrogens with zero attached hydrogens (tertiary/aromatic N) is 2. The molecule has 0 amide bonds. The van der Waals surface area contributed by atoms with Crippen LogP contribution in [0.4, 0.5) is 0 Å². The third-order valence-corrected chi connectivity index (χ3v) is 1.31.